The number of nitrogens with zero attached hydrogens (tertiary/aromatic N) is 4. The zero-order chi connectivity index (χ0) is 17.8. The summed E-state index contributed by atoms with van der Waals surface area (Å²) < 4.78 is 5.40. The van der Waals surface area contributed by atoms with Crippen molar-refractivity contribution < 1.29 is 4.74 Å². The van der Waals surface area contributed by atoms with Gasteiger partial charge in [0.15, 0.2) is 0 Å². The minimum absolute atomic E-state index is 0.704. The van der Waals surface area contributed by atoms with Gasteiger partial charge in [-0.2, -0.15) is 0 Å². The molecule has 3 heterocycles. The highest BCUT2D eigenvalue weighted by Gasteiger charge is 2.14. The van der Waals surface area contributed by atoms with E-state index in [4.69, 9.17) is 9.72 Å². The van der Waals surface area contributed by atoms with Gasteiger partial charge in [-0.3, -0.25) is 0 Å². The second-order valence-electron chi connectivity index (χ2n) is 6.11. The molecule has 0 aliphatic carbocycles. The number of anilines is 2. The Hall–Kier alpha value is -2.51. The highest BCUT2D eigenvalue weighted by molar-refractivity contribution is 7.15. The lowest BCUT2D eigenvalue weighted by molar-refractivity contribution is 0.122. The van der Waals surface area contributed by atoms with Crippen LogP contribution < -0.4 is 10.2 Å². The summed E-state index contributed by atoms with van der Waals surface area (Å²) in [5, 5.41) is 4.46. The van der Waals surface area contributed by atoms with Gasteiger partial charge in [-0.25, -0.2) is 15.0 Å². The van der Waals surface area contributed by atoms with Crippen LogP contribution in [0.5, 0.6) is 0 Å². The van der Waals surface area contributed by atoms with Crippen molar-refractivity contribution in [1.82, 2.24) is 15.0 Å². The number of hydrogen-bond acceptors (Lipinski definition) is 7. The average molecular weight is 367 g/mol. The van der Waals surface area contributed by atoms with Crippen molar-refractivity contribution in [3.05, 3.63) is 53.3 Å². The van der Waals surface area contributed by atoms with Crippen molar-refractivity contribution in [2.75, 3.05) is 36.5 Å². The normalized spacial score (nSPS) is 14.4. The molecule has 0 spiro atoms. The molecule has 2 aromatic heterocycles. The van der Waals surface area contributed by atoms with E-state index in [9.17, 15) is 0 Å². The summed E-state index contributed by atoms with van der Waals surface area (Å²) in [7, 11) is 0. The maximum atomic E-state index is 5.40. The molecule has 134 valence electrons. The molecule has 0 radical (unpaired) electrons. The molecule has 1 aliphatic rings. The Morgan fingerprint density at radius 1 is 1.15 bits per heavy atom. The molecule has 3 aromatic rings. The van der Waals surface area contributed by atoms with Gasteiger partial charge in [-0.15, -0.1) is 11.3 Å². The lowest BCUT2D eigenvalue weighted by Crippen LogP contribution is -2.36. The standard InChI is InChI=1S/C19H21N5OS/c1-14-16(26-19(23-14)15-5-3-2-4-6-15)12-20-17-11-18(22-13-21-17)24-7-9-25-10-8-24/h2-6,11,13H,7-10,12H2,1H3,(H,20,21,22). The van der Waals surface area contributed by atoms with E-state index >= 15 is 0 Å². The first-order valence-corrected chi connectivity index (χ1v) is 9.51. The molecule has 7 heteroatoms. The number of nitrogens with one attached hydrogen (secondary N) is 1. The largest absolute Gasteiger partial charge is 0.378 e. The minimum atomic E-state index is 0.704. The molecular formula is C19H21N5OS. The van der Waals surface area contributed by atoms with Gasteiger partial charge in [0.25, 0.3) is 0 Å². The Morgan fingerprint density at radius 3 is 2.77 bits per heavy atom. The number of hydrogen-bond donors (Lipinski definition) is 1. The molecule has 0 atom stereocenters. The molecule has 0 amide bonds. The summed E-state index contributed by atoms with van der Waals surface area (Å²) in [6.45, 7) is 5.98. The van der Waals surface area contributed by atoms with Crippen molar-refractivity contribution in [3.63, 3.8) is 0 Å². The Kier molecular flexibility index (Phi) is 5.08. The topological polar surface area (TPSA) is 63.2 Å². The van der Waals surface area contributed by atoms with Gasteiger partial charge in [0.2, 0.25) is 0 Å². The second-order valence-corrected chi connectivity index (χ2v) is 7.19. The van der Waals surface area contributed by atoms with Crippen molar-refractivity contribution in [2.24, 2.45) is 0 Å². The van der Waals surface area contributed by atoms with Crippen LogP contribution >= 0.6 is 11.3 Å². The number of aromatic nitrogens is 3. The van der Waals surface area contributed by atoms with Gasteiger partial charge >= 0.3 is 0 Å². The SMILES string of the molecule is Cc1nc(-c2ccccc2)sc1CNc1cc(N2CCOCC2)ncn1. The van der Waals surface area contributed by atoms with Gasteiger partial charge in [-0.1, -0.05) is 30.3 Å². The minimum Gasteiger partial charge on any atom is -0.378 e. The third-order valence-corrected chi connectivity index (χ3v) is 5.54. The molecule has 1 N–H and O–H groups in total. The van der Waals surface area contributed by atoms with Crippen molar-refractivity contribution in [2.45, 2.75) is 13.5 Å². The fourth-order valence-electron chi connectivity index (χ4n) is 2.88. The van der Waals surface area contributed by atoms with E-state index < -0.39 is 0 Å². The first kappa shape index (κ1) is 16.9. The van der Waals surface area contributed by atoms with Crippen LogP contribution in [-0.2, 0) is 11.3 Å². The molecule has 1 fully saturated rings. The molecule has 0 bridgehead atoms. The first-order valence-electron chi connectivity index (χ1n) is 8.70. The van der Waals surface area contributed by atoms with E-state index in [0.29, 0.717) is 6.54 Å². The van der Waals surface area contributed by atoms with Crippen LogP contribution in [0.15, 0.2) is 42.7 Å². The highest BCUT2D eigenvalue weighted by atomic mass is 32.1. The third-order valence-electron chi connectivity index (χ3n) is 4.33. The van der Waals surface area contributed by atoms with Crippen LogP contribution in [0.4, 0.5) is 11.6 Å². The summed E-state index contributed by atoms with van der Waals surface area (Å²) in [6, 6.07) is 12.3. The summed E-state index contributed by atoms with van der Waals surface area (Å²) in [5.74, 6) is 1.77. The monoisotopic (exact) mass is 367 g/mol. The van der Waals surface area contributed by atoms with Gasteiger partial charge in [0.1, 0.15) is 23.0 Å². The van der Waals surface area contributed by atoms with Crippen molar-refractivity contribution in [3.8, 4) is 10.6 Å². The van der Waals surface area contributed by atoms with Gasteiger partial charge < -0.3 is 15.0 Å². The van der Waals surface area contributed by atoms with Crippen LogP contribution in [0, 0.1) is 6.92 Å². The number of ether oxygens (including phenoxy) is 1. The first-order chi connectivity index (χ1) is 12.8. The molecule has 1 saturated heterocycles. The molecule has 0 unspecified atom stereocenters. The van der Waals surface area contributed by atoms with Crippen LogP contribution in [0.25, 0.3) is 10.6 Å². The predicted octanol–water partition coefficient (Wildman–Crippen LogP) is 3.36. The van der Waals surface area contributed by atoms with E-state index in [1.807, 2.05) is 24.3 Å². The van der Waals surface area contributed by atoms with Crippen LogP contribution in [0.1, 0.15) is 10.6 Å². The van der Waals surface area contributed by atoms with Crippen LogP contribution in [0.2, 0.25) is 0 Å². The third kappa shape index (κ3) is 3.84. The molecule has 1 aliphatic heterocycles. The van der Waals surface area contributed by atoms with Crippen LogP contribution in [-0.4, -0.2) is 41.3 Å². The Balaban J connectivity index is 1.45. The van der Waals surface area contributed by atoms with Crippen molar-refractivity contribution in [1.29, 1.82) is 0 Å². The van der Waals surface area contributed by atoms with E-state index in [-0.39, 0.29) is 0 Å². The molecular weight excluding hydrogens is 346 g/mol. The fourth-order valence-corrected chi connectivity index (χ4v) is 3.88. The summed E-state index contributed by atoms with van der Waals surface area (Å²) in [5.41, 5.74) is 2.22. The maximum Gasteiger partial charge on any atom is 0.134 e. The average Bonchev–Trinajstić information content (AvgIpc) is 3.09. The van der Waals surface area contributed by atoms with Gasteiger partial charge in [-0.05, 0) is 6.92 Å². The molecule has 1 aromatic carbocycles. The van der Waals surface area contributed by atoms with E-state index in [0.717, 1.165) is 54.2 Å². The fraction of sp³-hybridized carbons (Fsp3) is 0.316. The Labute approximate surface area is 156 Å². The zero-order valence-electron chi connectivity index (χ0n) is 14.7. The summed E-state index contributed by atoms with van der Waals surface area (Å²) in [4.78, 5) is 16.9. The summed E-state index contributed by atoms with van der Waals surface area (Å²) in [6.07, 6.45) is 1.61. The van der Waals surface area contributed by atoms with E-state index in [1.165, 1.54) is 4.88 Å². The predicted molar refractivity (Wildman–Crippen MR) is 105 cm³/mol. The van der Waals surface area contributed by atoms with Gasteiger partial charge in [0.05, 0.1) is 25.5 Å². The van der Waals surface area contributed by atoms with Gasteiger partial charge in [0, 0.05) is 29.6 Å². The van der Waals surface area contributed by atoms with E-state index in [1.54, 1.807) is 17.7 Å². The maximum absolute atomic E-state index is 5.40. The smallest absolute Gasteiger partial charge is 0.134 e. The number of thiazole rings is 1. The number of aryl methyl sites for hydroxylation is 1. The summed E-state index contributed by atoms with van der Waals surface area (Å²) >= 11 is 1.72. The number of rotatable bonds is 5. The Bertz CT molecular complexity index is 861. The molecule has 4 rings (SSSR count). The lowest BCUT2D eigenvalue weighted by atomic mass is 10.2. The van der Waals surface area contributed by atoms with E-state index in [2.05, 4.69) is 39.2 Å². The lowest BCUT2D eigenvalue weighted by Gasteiger charge is -2.27. The Morgan fingerprint density at radius 2 is 1.96 bits per heavy atom. The number of benzene rings is 1. The van der Waals surface area contributed by atoms with Crippen LogP contribution in [0.3, 0.4) is 0 Å². The second kappa shape index (κ2) is 7.80. The molecule has 6 nitrogen and oxygen atoms in total. The van der Waals surface area contributed by atoms with Crippen molar-refractivity contribution >= 4 is 23.0 Å². The highest BCUT2D eigenvalue weighted by Crippen LogP contribution is 2.28. The zero-order valence-corrected chi connectivity index (χ0v) is 15.5. The number of morpholine rings is 1. The quantitative estimate of drug-likeness (QED) is 0.746. The molecule has 26 heavy (non-hydrogen) atoms. The molecule has 0 saturated carbocycles.